The predicted octanol–water partition coefficient (Wildman–Crippen LogP) is 2.57. The van der Waals surface area contributed by atoms with Gasteiger partial charge in [0.15, 0.2) is 0 Å². The standard InChI is InChI=1S/C13H20ClN3O/c14-13-16-8-6-12(17-13)10-18-9-3-5-11-4-1-2-7-15-11/h6,8,11,15H,1-5,7,9-10H2/t11-/m1/s1. The molecule has 1 atom stereocenters. The van der Waals surface area contributed by atoms with Gasteiger partial charge in [-0.15, -0.1) is 0 Å². The molecule has 0 aliphatic carbocycles. The number of halogens is 1. The van der Waals surface area contributed by atoms with E-state index in [1.54, 1.807) is 6.20 Å². The molecule has 1 aliphatic rings. The topological polar surface area (TPSA) is 47.0 Å². The van der Waals surface area contributed by atoms with E-state index in [9.17, 15) is 0 Å². The number of piperidine rings is 1. The summed E-state index contributed by atoms with van der Waals surface area (Å²) in [5.74, 6) is 0. The van der Waals surface area contributed by atoms with Crippen molar-refractivity contribution >= 4 is 11.6 Å². The van der Waals surface area contributed by atoms with Crippen molar-refractivity contribution in [3.05, 3.63) is 23.2 Å². The Morgan fingerprint density at radius 1 is 1.44 bits per heavy atom. The summed E-state index contributed by atoms with van der Waals surface area (Å²) in [7, 11) is 0. The van der Waals surface area contributed by atoms with Crippen LogP contribution in [0.4, 0.5) is 0 Å². The Morgan fingerprint density at radius 2 is 2.39 bits per heavy atom. The average Bonchev–Trinajstić information content (AvgIpc) is 2.40. The van der Waals surface area contributed by atoms with Crippen LogP contribution in [0, 0.1) is 0 Å². The Kier molecular flexibility index (Phi) is 5.84. The number of hydrogen-bond donors (Lipinski definition) is 1. The van der Waals surface area contributed by atoms with Crippen molar-refractivity contribution in [2.45, 2.75) is 44.8 Å². The van der Waals surface area contributed by atoms with Gasteiger partial charge < -0.3 is 10.1 Å². The minimum absolute atomic E-state index is 0.280. The normalized spacial score (nSPS) is 19.9. The average molecular weight is 270 g/mol. The Hall–Kier alpha value is -0.710. The molecule has 1 N–H and O–H groups in total. The van der Waals surface area contributed by atoms with E-state index < -0.39 is 0 Å². The molecule has 5 heteroatoms. The molecule has 0 spiro atoms. The Balaban J connectivity index is 1.55. The van der Waals surface area contributed by atoms with Crippen LogP contribution in [-0.2, 0) is 11.3 Å². The number of nitrogens with zero attached hydrogens (tertiary/aromatic N) is 2. The predicted molar refractivity (Wildman–Crippen MR) is 71.6 cm³/mol. The van der Waals surface area contributed by atoms with Gasteiger partial charge in [0.25, 0.3) is 0 Å². The summed E-state index contributed by atoms with van der Waals surface area (Å²) in [6.07, 6.45) is 7.93. The molecule has 4 nitrogen and oxygen atoms in total. The van der Waals surface area contributed by atoms with Crippen LogP contribution < -0.4 is 5.32 Å². The lowest BCUT2D eigenvalue weighted by molar-refractivity contribution is 0.111. The van der Waals surface area contributed by atoms with E-state index in [0.29, 0.717) is 12.6 Å². The lowest BCUT2D eigenvalue weighted by Gasteiger charge is -2.23. The van der Waals surface area contributed by atoms with Gasteiger partial charge in [0, 0.05) is 18.8 Å². The Morgan fingerprint density at radius 3 is 3.17 bits per heavy atom. The number of hydrogen-bond acceptors (Lipinski definition) is 4. The maximum absolute atomic E-state index is 5.70. The fraction of sp³-hybridized carbons (Fsp3) is 0.692. The first kappa shape index (κ1) is 13.7. The fourth-order valence-corrected chi connectivity index (χ4v) is 2.39. The van der Waals surface area contributed by atoms with Gasteiger partial charge in [-0.2, -0.15) is 0 Å². The first-order valence-electron chi connectivity index (χ1n) is 6.63. The number of rotatable bonds is 6. The maximum Gasteiger partial charge on any atom is 0.222 e. The van der Waals surface area contributed by atoms with E-state index in [4.69, 9.17) is 16.3 Å². The fourth-order valence-electron chi connectivity index (χ4n) is 2.23. The molecule has 0 unspecified atom stereocenters. The molecule has 18 heavy (non-hydrogen) atoms. The van der Waals surface area contributed by atoms with E-state index in [1.165, 1.54) is 32.2 Å². The third kappa shape index (κ3) is 4.88. The van der Waals surface area contributed by atoms with E-state index in [1.807, 2.05) is 6.07 Å². The van der Waals surface area contributed by atoms with Gasteiger partial charge in [0.1, 0.15) is 0 Å². The molecule has 0 amide bonds. The molecule has 1 aliphatic heterocycles. The highest BCUT2D eigenvalue weighted by Crippen LogP contribution is 2.12. The van der Waals surface area contributed by atoms with E-state index in [2.05, 4.69) is 15.3 Å². The molecule has 2 heterocycles. The Bertz CT molecular complexity index is 356. The molecule has 1 saturated heterocycles. The molecular formula is C13H20ClN3O. The molecule has 1 aromatic rings. The number of aromatic nitrogens is 2. The van der Waals surface area contributed by atoms with Gasteiger partial charge in [-0.3, -0.25) is 0 Å². The smallest absolute Gasteiger partial charge is 0.222 e. The van der Waals surface area contributed by atoms with Crippen LogP contribution in [0.15, 0.2) is 12.3 Å². The van der Waals surface area contributed by atoms with Gasteiger partial charge in [-0.1, -0.05) is 6.42 Å². The van der Waals surface area contributed by atoms with Crippen LogP contribution in [0.2, 0.25) is 5.28 Å². The summed E-state index contributed by atoms with van der Waals surface area (Å²) >= 11 is 5.70. The first-order chi connectivity index (χ1) is 8.84. The van der Waals surface area contributed by atoms with E-state index >= 15 is 0 Å². The molecule has 100 valence electrons. The highest BCUT2D eigenvalue weighted by Gasteiger charge is 2.11. The second-order valence-corrected chi connectivity index (χ2v) is 5.00. The molecule has 1 aromatic heterocycles. The van der Waals surface area contributed by atoms with Gasteiger partial charge in [-0.25, -0.2) is 9.97 Å². The molecule has 0 radical (unpaired) electrons. The summed E-state index contributed by atoms with van der Waals surface area (Å²) in [6, 6.07) is 2.52. The van der Waals surface area contributed by atoms with Crippen molar-refractivity contribution in [2.75, 3.05) is 13.2 Å². The second kappa shape index (κ2) is 7.67. The summed E-state index contributed by atoms with van der Waals surface area (Å²) in [5.41, 5.74) is 0.839. The van der Waals surface area contributed by atoms with Crippen LogP contribution in [0.5, 0.6) is 0 Å². The zero-order valence-corrected chi connectivity index (χ0v) is 11.3. The van der Waals surface area contributed by atoms with Crippen molar-refractivity contribution in [3.63, 3.8) is 0 Å². The van der Waals surface area contributed by atoms with Crippen molar-refractivity contribution in [2.24, 2.45) is 0 Å². The van der Waals surface area contributed by atoms with Gasteiger partial charge in [-0.05, 0) is 49.9 Å². The van der Waals surface area contributed by atoms with Gasteiger partial charge >= 0.3 is 0 Å². The maximum atomic E-state index is 5.70. The minimum atomic E-state index is 0.280. The van der Waals surface area contributed by atoms with Crippen LogP contribution >= 0.6 is 11.6 Å². The summed E-state index contributed by atoms with van der Waals surface area (Å²) < 4.78 is 5.59. The lowest BCUT2D eigenvalue weighted by atomic mass is 10.0. The highest BCUT2D eigenvalue weighted by atomic mass is 35.5. The molecule has 0 saturated carbocycles. The summed E-state index contributed by atoms with van der Waals surface area (Å²) in [5, 5.41) is 3.82. The molecular weight excluding hydrogens is 250 g/mol. The third-order valence-electron chi connectivity index (χ3n) is 3.19. The zero-order valence-electron chi connectivity index (χ0n) is 10.6. The largest absolute Gasteiger partial charge is 0.375 e. The highest BCUT2D eigenvalue weighted by molar-refractivity contribution is 6.28. The molecule has 1 fully saturated rings. The zero-order chi connectivity index (χ0) is 12.6. The monoisotopic (exact) mass is 269 g/mol. The van der Waals surface area contributed by atoms with Gasteiger partial charge in [0.05, 0.1) is 12.3 Å². The third-order valence-corrected chi connectivity index (χ3v) is 3.37. The summed E-state index contributed by atoms with van der Waals surface area (Å²) in [6.45, 7) is 2.46. The van der Waals surface area contributed by atoms with Crippen molar-refractivity contribution in [1.82, 2.24) is 15.3 Å². The molecule has 0 bridgehead atoms. The molecule has 2 rings (SSSR count). The Labute approximate surface area is 113 Å². The van der Waals surface area contributed by atoms with Crippen LogP contribution in [-0.4, -0.2) is 29.2 Å². The summed E-state index contributed by atoms with van der Waals surface area (Å²) in [4.78, 5) is 7.91. The van der Waals surface area contributed by atoms with Crippen LogP contribution in [0.1, 0.15) is 37.8 Å². The number of ether oxygens (including phenoxy) is 1. The van der Waals surface area contributed by atoms with Crippen molar-refractivity contribution < 1.29 is 4.74 Å². The lowest BCUT2D eigenvalue weighted by Crippen LogP contribution is -2.33. The van der Waals surface area contributed by atoms with E-state index in [-0.39, 0.29) is 5.28 Å². The van der Waals surface area contributed by atoms with Crippen molar-refractivity contribution in [1.29, 1.82) is 0 Å². The quantitative estimate of drug-likeness (QED) is 0.637. The molecule has 0 aromatic carbocycles. The van der Waals surface area contributed by atoms with Gasteiger partial charge in [0.2, 0.25) is 5.28 Å². The first-order valence-corrected chi connectivity index (χ1v) is 7.01. The van der Waals surface area contributed by atoms with Crippen LogP contribution in [0.25, 0.3) is 0 Å². The van der Waals surface area contributed by atoms with Crippen molar-refractivity contribution in [3.8, 4) is 0 Å². The van der Waals surface area contributed by atoms with E-state index in [0.717, 1.165) is 18.7 Å². The second-order valence-electron chi connectivity index (χ2n) is 4.66. The minimum Gasteiger partial charge on any atom is -0.375 e. The van der Waals surface area contributed by atoms with Crippen LogP contribution in [0.3, 0.4) is 0 Å². The SMILES string of the molecule is Clc1nccc(COCCC[C@H]2CCCCN2)n1. The number of nitrogens with one attached hydrogen (secondary N) is 1.